The van der Waals surface area contributed by atoms with Crippen LogP contribution in [0.2, 0.25) is 0 Å². The summed E-state index contributed by atoms with van der Waals surface area (Å²) in [6.07, 6.45) is 0. The van der Waals surface area contributed by atoms with Crippen LogP contribution >= 0.6 is 0 Å². The van der Waals surface area contributed by atoms with Crippen LogP contribution in [0.5, 0.6) is 0 Å². The highest BCUT2D eigenvalue weighted by molar-refractivity contribution is 5.48. The molecule has 0 atom stereocenters. The van der Waals surface area contributed by atoms with Gasteiger partial charge in [-0.2, -0.15) is 5.10 Å². The zero-order valence-corrected chi connectivity index (χ0v) is 8.29. The number of hydrogen-bond acceptors (Lipinski definition) is 3. The van der Waals surface area contributed by atoms with Crippen LogP contribution < -0.4 is 5.32 Å². The third kappa shape index (κ3) is 1.21. The molecule has 0 fully saturated rings. The van der Waals surface area contributed by atoms with Crippen molar-refractivity contribution in [3.8, 4) is 0 Å². The molecular weight excluding hydrogens is 166 g/mol. The van der Waals surface area contributed by atoms with Crippen molar-refractivity contribution >= 4 is 5.82 Å². The average Bonchev–Trinajstić information content (AvgIpc) is 2.60. The fourth-order valence-corrected chi connectivity index (χ4v) is 1.67. The summed E-state index contributed by atoms with van der Waals surface area (Å²) in [5.41, 5.74) is 2.30. The highest BCUT2D eigenvalue weighted by Gasteiger charge is 2.22. The van der Waals surface area contributed by atoms with E-state index in [1.807, 2.05) is 11.7 Å². The molecule has 72 valence electrons. The Morgan fingerprint density at radius 3 is 2.85 bits per heavy atom. The van der Waals surface area contributed by atoms with E-state index >= 15 is 0 Å². The highest BCUT2D eigenvalue weighted by atomic mass is 16.5. The van der Waals surface area contributed by atoms with Crippen molar-refractivity contribution in [3.05, 3.63) is 11.3 Å². The van der Waals surface area contributed by atoms with E-state index in [-0.39, 0.29) is 0 Å². The maximum atomic E-state index is 5.32. The van der Waals surface area contributed by atoms with E-state index in [0.29, 0.717) is 19.3 Å². The Bertz CT molecular complexity index is 317. The summed E-state index contributed by atoms with van der Waals surface area (Å²) in [5, 5.41) is 7.67. The molecule has 0 radical (unpaired) electrons. The minimum atomic E-state index is 0.396. The Morgan fingerprint density at radius 2 is 2.23 bits per heavy atom. The van der Waals surface area contributed by atoms with Gasteiger partial charge in [0.05, 0.1) is 18.9 Å². The molecule has 13 heavy (non-hydrogen) atoms. The first-order valence-corrected chi connectivity index (χ1v) is 4.59. The van der Waals surface area contributed by atoms with Gasteiger partial charge in [0, 0.05) is 18.7 Å². The lowest BCUT2D eigenvalue weighted by molar-refractivity contribution is 0.131. The van der Waals surface area contributed by atoms with Crippen LogP contribution in [0.3, 0.4) is 0 Å². The summed E-state index contributed by atoms with van der Waals surface area (Å²) in [7, 11) is 1.93. The van der Waals surface area contributed by atoms with E-state index in [1.165, 1.54) is 5.56 Å². The van der Waals surface area contributed by atoms with E-state index < -0.39 is 0 Å². The Balaban J connectivity index is 2.47. The number of nitrogens with one attached hydrogen (secondary N) is 1. The zero-order valence-electron chi connectivity index (χ0n) is 8.29. The van der Waals surface area contributed by atoms with Gasteiger partial charge < -0.3 is 10.1 Å². The normalized spacial score (nSPS) is 15.1. The molecule has 0 spiro atoms. The number of nitrogens with zero attached hydrogens (tertiary/aromatic N) is 2. The summed E-state index contributed by atoms with van der Waals surface area (Å²) in [6.45, 7) is 5.61. The third-order valence-electron chi connectivity index (χ3n) is 2.30. The summed E-state index contributed by atoms with van der Waals surface area (Å²) in [6, 6.07) is 0.396. The van der Waals surface area contributed by atoms with Crippen molar-refractivity contribution in [2.24, 2.45) is 0 Å². The van der Waals surface area contributed by atoms with E-state index in [1.54, 1.807) is 0 Å². The Labute approximate surface area is 77.9 Å². The number of hydrogen-bond donors (Lipinski definition) is 1. The quantitative estimate of drug-likeness (QED) is 0.752. The van der Waals surface area contributed by atoms with Gasteiger partial charge >= 0.3 is 0 Å². The molecule has 1 aromatic rings. The second-order valence-electron chi connectivity index (χ2n) is 3.55. The molecule has 1 N–H and O–H groups in total. The molecule has 2 rings (SSSR count). The SMILES string of the molecule is CNc1c2c(nn1C(C)C)COC2. The van der Waals surface area contributed by atoms with Crippen molar-refractivity contribution in [1.82, 2.24) is 9.78 Å². The average molecular weight is 181 g/mol. The van der Waals surface area contributed by atoms with Gasteiger partial charge in [0.25, 0.3) is 0 Å². The number of rotatable bonds is 2. The molecular formula is C9H15N3O. The second kappa shape index (κ2) is 3.03. The summed E-state index contributed by atoms with van der Waals surface area (Å²) >= 11 is 0. The lowest BCUT2D eigenvalue weighted by Crippen LogP contribution is -2.08. The van der Waals surface area contributed by atoms with Gasteiger partial charge in [0.1, 0.15) is 5.82 Å². The van der Waals surface area contributed by atoms with Gasteiger partial charge in [-0.25, -0.2) is 4.68 Å². The molecule has 0 saturated carbocycles. The van der Waals surface area contributed by atoms with Crippen molar-refractivity contribution in [3.63, 3.8) is 0 Å². The molecule has 0 amide bonds. The van der Waals surface area contributed by atoms with Crippen molar-refractivity contribution in [1.29, 1.82) is 0 Å². The minimum Gasteiger partial charge on any atom is -0.373 e. The van der Waals surface area contributed by atoms with Gasteiger partial charge in [0.2, 0.25) is 0 Å². The monoisotopic (exact) mass is 181 g/mol. The van der Waals surface area contributed by atoms with E-state index in [2.05, 4.69) is 24.3 Å². The van der Waals surface area contributed by atoms with Crippen LogP contribution in [0, 0.1) is 0 Å². The molecule has 1 aromatic heterocycles. The van der Waals surface area contributed by atoms with Gasteiger partial charge in [-0.05, 0) is 13.8 Å². The van der Waals surface area contributed by atoms with Gasteiger partial charge in [-0.3, -0.25) is 0 Å². The van der Waals surface area contributed by atoms with Gasteiger partial charge in [-0.15, -0.1) is 0 Å². The maximum absolute atomic E-state index is 5.32. The van der Waals surface area contributed by atoms with E-state index in [4.69, 9.17) is 4.74 Å². The predicted molar refractivity (Wildman–Crippen MR) is 50.7 cm³/mol. The largest absolute Gasteiger partial charge is 0.373 e. The number of anilines is 1. The molecule has 0 aromatic carbocycles. The minimum absolute atomic E-state index is 0.396. The first kappa shape index (κ1) is 8.56. The lowest BCUT2D eigenvalue weighted by Gasteiger charge is -2.11. The van der Waals surface area contributed by atoms with Gasteiger partial charge in [-0.1, -0.05) is 0 Å². The van der Waals surface area contributed by atoms with Crippen LogP contribution in [-0.4, -0.2) is 16.8 Å². The first-order chi connectivity index (χ1) is 6.24. The van der Waals surface area contributed by atoms with Crippen LogP contribution in [0.25, 0.3) is 0 Å². The summed E-state index contributed by atoms with van der Waals surface area (Å²) < 4.78 is 7.34. The lowest BCUT2D eigenvalue weighted by atomic mass is 10.3. The fourth-order valence-electron chi connectivity index (χ4n) is 1.67. The van der Waals surface area contributed by atoms with Crippen LogP contribution in [0.4, 0.5) is 5.82 Å². The van der Waals surface area contributed by atoms with Gasteiger partial charge in [0.15, 0.2) is 0 Å². The molecule has 0 saturated heterocycles. The highest BCUT2D eigenvalue weighted by Crippen LogP contribution is 2.28. The van der Waals surface area contributed by atoms with Crippen LogP contribution in [0.1, 0.15) is 31.1 Å². The number of aromatic nitrogens is 2. The molecule has 0 unspecified atom stereocenters. The Morgan fingerprint density at radius 1 is 1.46 bits per heavy atom. The topological polar surface area (TPSA) is 39.1 Å². The van der Waals surface area contributed by atoms with Crippen LogP contribution in [-0.2, 0) is 18.0 Å². The number of fused-ring (bicyclic) bond motifs is 1. The van der Waals surface area contributed by atoms with Crippen molar-refractivity contribution < 1.29 is 4.74 Å². The predicted octanol–water partition coefficient (Wildman–Crippen LogP) is 1.54. The fraction of sp³-hybridized carbons (Fsp3) is 0.667. The molecule has 4 heteroatoms. The first-order valence-electron chi connectivity index (χ1n) is 4.59. The summed E-state index contributed by atoms with van der Waals surface area (Å²) in [5.74, 6) is 1.10. The molecule has 4 nitrogen and oxygen atoms in total. The Hall–Kier alpha value is -1.03. The van der Waals surface area contributed by atoms with E-state index in [9.17, 15) is 0 Å². The van der Waals surface area contributed by atoms with Crippen molar-refractivity contribution in [2.45, 2.75) is 33.1 Å². The molecule has 2 heterocycles. The standard InChI is InChI=1S/C9H15N3O/c1-6(2)12-9(10-3)7-4-13-5-8(7)11-12/h6,10H,4-5H2,1-3H3. The molecule has 1 aliphatic rings. The smallest absolute Gasteiger partial charge is 0.130 e. The maximum Gasteiger partial charge on any atom is 0.130 e. The summed E-state index contributed by atoms with van der Waals surface area (Å²) in [4.78, 5) is 0. The molecule has 1 aliphatic heterocycles. The molecule has 0 bridgehead atoms. The van der Waals surface area contributed by atoms with E-state index in [0.717, 1.165) is 11.5 Å². The third-order valence-corrected chi connectivity index (χ3v) is 2.30. The Kier molecular flexibility index (Phi) is 2.00. The molecule has 0 aliphatic carbocycles. The van der Waals surface area contributed by atoms with Crippen molar-refractivity contribution in [2.75, 3.05) is 12.4 Å². The van der Waals surface area contributed by atoms with Crippen LogP contribution in [0.15, 0.2) is 0 Å². The number of ether oxygens (including phenoxy) is 1. The zero-order chi connectivity index (χ0) is 9.42. The second-order valence-corrected chi connectivity index (χ2v) is 3.55.